The van der Waals surface area contributed by atoms with Gasteiger partial charge in [0.25, 0.3) is 0 Å². The van der Waals surface area contributed by atoms with E-state index < -0.39 is 30.1 Å². The van der Waals surface area contributed by atoms with Gasteiger partial charge in [0.1, 0.15) is 12.6 Å². The first-order valence-electron chi connectivity index (χ1n) is 10.7. The van der Waals surface area contributed by atoms with E-state index in [4.69, 9.17) is 14.6 Å². The number of carbonyl (C=O) groups is 3. The molecule has 2 aromatic carbocycles. The number of hydrogen-bond donors (Lipinski definition) is 4. The minimum absolute atomic E-state index is 0.0534. The molecule has 1 aliphatic rings. The Hall–Kier alpha value is -3.43. The molecule has 9 nitrogen and oxygen atoms in total. The molecule has 0 saturated carbocycles. The first kappa shape index (κ1) is 24.2. The molecule has 0 aromatic heterocycles. The normalized spacial score (nSPS) is 14.0. The fraction of sp³-hybridized carbons (Fsp3) is 0.375. The third kappa shape index (κ3) is 6.09. The van der Waals surface area contributed by atoms with Crippen molar-refractivity contribution in [3.63, 3.8) is 0 Å². The van der Waals surface area contributed by atoms with Crippen LogP contribution in [0.4, 0.5) is 4.79 Å². The number of nitrogens with one attached hydrogen (secondary N) is 2. The summed E-state index contributed by atoms with van der Waals surface area (Å²) in [5, 5.41) is 23.1. The maximum absolute atomic E-state index is 12.5. The molecule has 33 heavy (non-hydrogen) atoms. The highest BCUT2D eigenvalue weighted by molar-refractivity contribution is 5.85. The molecule has 2 aromatic rings. The number of carbonyl (C=O) groups excluding carboxylic acids is 2. The molecule has 0 saturated heterocycles. The summed E-state index contributed by atoms with van der Waals surface area (Å²) < 4.78 is 10.5. The predicted molar refractivity (Wildman–Crippen MR) is 120 cm³/mol. The van der Waals surface area contributed by atoms with Gasteiger partial charge < -0.3 is 30.3 Å². The lowest BCUT2D eigenvalue weighted by Gasteiger charge is -2.20. The van der Waals surface area contributed by atoms with Gasteiger partial charge in [-0.2, -0.15) is 0 Å². The van der Waals surface area contributed by atoms with E-state index >= 15 is 0 Å². The highest BCUT2D eigenvalue weighted by Gasteiger charge is 2.29. The molecular weight excluding hydrogens is 428 g/mol. The molecule has 0 heterocycles. The van der Waals surface area contributed by atoms with Gasteiger partial charge >= 0.3 is 12.1 Å². The second kappa shape index (κ2) is 11.4. The maximum atomic E-state index is 12.5. The second-order valence-electron chi connectivity index (χ2n) is 7.74. The molecule has 2 atom stereocenters. The highest BCUT2D eigenvalue weighted by atomic mass is 16.5. The number of alkyl carbamates (subject to hydrolysis) is 1. The van der Waals surface area contributed by atoms with Crippen LogP contribution in [0.15, 0.2) is 48.5 Å². The third-order valence-corrected chi connectivity index (χ3v) is 5.56. The minimum atomic E-state index is -1.57. The number of aliphatic hydroxyl groups excluding tert-OH is 1. The number of aliphatic hydroxyl groups is 1. The van der Waals surface area contributed by atoms with Crippen molar-refractivity contribution in [2.24, 2.45) is 0 Å². The van der Waals surface area contributed by atoms with Gasteiger partial charge in [-0.3, -0.25) is 4.79 Å². The van der Waals surface area contributed by atoms with Crippen LogP contribution in [0.1, 0.15) is 29.9 Å². The lowest BCUT2D eigenvalue weighted by Crippen LogP contribution is -2.48. The lowest BCUT2D eigenvalue weighted by atomic mass is 9.98. The average Bonchev–Trinajstić information content (AvgIpc) is 3.13. The van der Waals surface area contributed by atoms with Gasteiger partial charge in [-0.15, -0.1) is 0 Å². The van der Waals surface area contributed by atoms with Gasteiger partial charge in [0.2, 0.25) is 5.91 Å². The van der Waals surface area contributed by atoms with Crippen LogP contribution in [0.3, 0.4) is 0 Å². The number of rotatable bonds is 11. The molecule has 0 radical (unpaired) electrons. The van der Waals surface area contributed by atoms with Crippen molar-refractivity contribution in [1.82, 2.24) is 10.6 Å². The largest absolute Gasteiger partial charge is 0.479 e. The van der Waals surface area contributed by atoms with Crippen LogP contribution in [0.5, 0.6) is 0 Å². The van der Waals surface area contributed by atoms with E-state index in [1.807, 2.05) is 48.5 Å². The lowest BCUT2D eigenvalue weighted by molar-refractivity contribution is -0.147. The van der Waals surface area contributed by atoms with E-state index in [1.165, 1.54) is 7.11 Å². The van der Waals surface area contributed by atoms with E-state index in [9.17, 15) is 19.5 Å². The number of amides is 2. The number of fused-ring (bicyclic) bond motifs is 3. The number of benzene rings is 2. The quantitative estimate of drug-likeness (QED) is 0.406. The molecule has 3 rings (SSSR count). The van der Waals surface area contributed by atoms with Crippen LogP contribution in [0.2, 0.25) is 0 Å². The summed E-state index contributed by atoms with van der Waals surface area (Å²) in [6.45, 7) is 0.283. The van der Waals surface area contributed by atoms with Crippen LogP contribution < -0.4 is 10.6 Å². The Morgan fingerprint density at radius 2 is 1.61 bits per heavy atom. The number of hydrogen-bond acceptors (Lipinski definition) is 6. The minimum Gasteiger partial charge on any atom is -0.479 e. The standard InChI is InChI=1S/C24H28N2O7/c1-32-13-11-20(22(28)25-12-10-21(27)23(29)30)26-24(31)33-14-19-17-8-4-2-6-15(17)16-7-3-5-9-18(16)19/h2-9,19-21,27H,10-14H2,1H3,(H,25,28)(H,26,31)(H,29,30). The predicted octanol–water partition coefficient (Wildman–Crippen LogP) is 1.88. The van der Waals surface area contributed by atoms with Crippen LogP contribution >= 0.6 is 0 Å². The van der Waals surface area contributed by atoms with E-state index in [1.54, 1.807) is 0 Å². The van der Waals surface area contributed by atoms with Crippen molar-refractivity contribution in [2.45, 2.75) is 30.9 Å². The number of carboxylic acid groups (broad SMARTS) is 1. The number of ether oxygens (including phenoxy) is 2. The fourth-order valence-electron chi connectivity index (χ4n) is 3.87. The third-order valence-electron chi connectivity index (χ3n) is 5.56. The molecule has 0 bridgehead atoms. The van der Waals surface area contributed by atoms with Crippen LogP contribution in [-0.2, 0) is 19.1 Å². The van der Waals surface area contributed by atoms with Gasteiger partial charge in [0, 0.05) is 39.0 Å². The van der Waals surface area contributed by atoms with Crippen LogP contribution in [0, 0.1) is 0 Å². The van der Waals surface area contributed by atoms with Crippen LogP contribution in [-0.4, -0.2) is 67.2 Å². The molecule has 2 amide bonds. The molecule has 0 aliphatic heterocycles. The monoisotopic (exact) mass is 456 g/mol. The summed E-state index contributed by atoms with van der Waals surface area (Å²) in [4.78, 5) is 35.6. The van der Waals surface area contributed by atoms with E-state index in [-0.39, 0.29) is 38.5 Å². The smallest absolute Gasteiger partial charge is 0.407 e. The topological polar surface area (TPSA) is 134 Å². The molecule has 176 valence electrons. The van der Waals surface area contributed by atoms with Crippen molar-refractivity contribution >= 4 is 18.0 Å². The SMILES string of the molecule is COCCC(NC(=O)OCC1c2ccccc2-c2ccccc21)C(=O)NCCC(O)C(=O)O. The van der Waals surface area contributed by atoms with Gasteiger partial charge in [-0.05, 0) is 22.3 Å². The summed E-state index contributed by atoms with van der Waals surface area (Å²) in [5.74, 6) is -1.98. The molecule has 1 aliphatic carbocycles. The first-order valence-corrected chi connectivity index (χ1v) is 10.7. The van der Waals surface area contributed by atoms with E-state index in [0.717, 1.165) is 22.3 Å². The molecule has 4 N–H and O–H groups in total. The molecule has 0 spiro atoms. The average molecular weight is 456 g/mol. The summed E-state index contributed by atoms with van der Waals surface area (Å²) in [6.07, 6.45) is -2.26. The Bertz CT molecular complexity index is 949. The van der Waals surface area contributed by atoms with Gasteiger partial charge in [-0.25, -0.2) is 9.59 Å². The van der Waals surface area contributed by atoms with Crippen molar-refractivity contribution in [2.75, 3.05) is 26.9 Å². The number of carboxylic acids is 1. The molecule has 2 unspecified atom stereocenters. The maximum Gasteiger partial charge on any atom is 0.407 e. The van der Waals surface area contributed by atoms with E-state index in [2.05, 4.69) is 10.6 Å². The zero-order valence-corrected chi connectivity index (χ0v) is 18.3. The zero-order chi connectivity index (χ0) is 23.8. The summed E-state index contributed by atoms with van der Waals surface area (Å²) in [7, 11) is 1.48. The Kier molecular flexibility index (Phi) is 8.39. The first-order chi connectivity index (χ1) is 15.9. The van der Waals surface area contributed by atoms with Crippen molar-refractivity contribution < 1.29 is 34.1 Å². The van der Waals surface area contributed by atoms with Crippen molar-refractivity contribution in [3.05, 3.63) is 59.7 Å². The molecular formula is C24H28N2O7. The van der Waals surface area contributed by atoms with Crippen molar-refractivity contribution in [3.8, 4) is 11.1 Å². The second-order valence-corrected chi connectivity index (χ2v) is 7.74. The Balaban J connectivity index is 1.58. The zero-order valence-electron chi connectivity index (χ0n) is 18.3. The summed E-state index contributed by atoms with van der Waals surface area (Å²) in [5.41, 5.74) is 4.39. The fourth-order valence-corrected chi connectivity index (χ4v) is 3.87. The van der Waals surface area contributed by atoms with E-state index in [0.29, 0.717) is 0 Å². The van der Waals surface area contributed by atoms with Crippen LogP contribution in [0.25, 0.3) is 11.1 Å². The Morgan fingerprint density at radius 1 is 1.00 bits per heavy atom. The molecule has 0 fully saturated rings. The Morgan fingerprint density at radius 3 is 2.18 bits per heavy atom. The number of aliphatic carboxylic acids is 1. The van der Waals surface area contributed by atoms with Crippen molar-refractivity contribution in [1.29, 1.82) is 0 Å². The van der Waals surface area contributed by atoms with Gasteiger partial charge in [0.05, 0.1) is 0 Å². The van der Waals surface area contributed by atoms with Gasteiger partial charge in [0.15, 0.2) is 6.10 Å². The Labute approximate surface area is 191 Å². The summed E-state index contributed by atoms with van der Waals surface area (Å²) >= 11 is 0. The molecule has 9 heteroatoms. The highest BCUT2D eigenvalue weighted by Crippen LogP contribution is 2.44. The summed E-state index contributed by atoms with van der Waals surface area (Å²) in [6, 6.07) is 15.0. The van der Waals surface area contributed by atoms with Gasteiger partial charge in [-0.1, -0.05) is 48.5 Å². The number of methoxy groups -OCH3 is 1.